The predicted molar refractivity (Wildman–Crippen MR) is 74.7 cm³/mol. The lowest BCUT2D eigenvalue weighted by molar-refractivity contribution is 0.0772. The summed E-state index contributed by atoms with van der Waals surface area (Å²) in [4.78, 5) is 30.3. The number of nitrogens with zero attached hydrogens (tertiary/aromatic N) is 7. The molecule has 22 heavy (non-hydrogen) atoms. The van der Waals surface area contributed by atoms with Crippen LogP contribution in [0.2, 0.25) is 0 Å². The molecule has 0 bridgehead atoms. The zero-order valence-corrected chi connectivity index (χ0v) is 11.2. The van der Waals surface area contributed by atoms with E-state index in [1.54, 1.807) is 17.1 Å². The third-order valence-corrected chi connectivity index (χ3v) is 3.32. The molecular formula is C12H10N8O2. The molecule has 0 saturated carbocycles. The molecule has 4 heterocycles. The summed E-state index contributed by atoms with van der Waals surface area (Å²) in [6, 6.07) is 0. The number of hydrogen-bond acceptors (Lipinski definition) is 7. The number of H-pyrrole nitrogens is 1. The summed E-state index contributed by atoms with van der Waals surface area (Å²) in [5, 5.41) is 14.7. The van der Waals surface area contributed by atoms with Crippen LogP contribution in [0.4, 0.5) is 0 Å². The second kappa shape index (κ2) is 4.70. The molecular weight excluding hydrogens is 288 g/mol. The normalized spacial score (nSPS) is 13.0. The second-order valence-electron chi connectivity index (χ2n) is 4.67. The highest BCUT2D eigenvalue weighted by Gasteiger charge is 2.16. The van der Waals surface area contributed by atoms with Crippen LogP contribution in [0.3, 0.4) is 0 Å². The zero-order chi connectivity index (χ0) is 15.1. The first-order chi connectivity index (χ1) is 10.7. The maximum Gasteiger partial charge on any atom is 0.261 e. The van der Waals surface area contributed by atoms with Crippen LogP contribution in [0.5, 0.6) is 0 Å². The number of nitrogens with one attached hydrogen (secondary N) is 1. The van der Waals surface area contributed by atoms with Crippen LogP contribution in [-0.4, -0.2) is 44.4 Å². The molecule has 0 aromatic carbocycles. The average molecular weight is 298 g/mol. The minimum Gasteiger partial charge on any atom is -0.370 e. The molecule has 110 valence electrons. The molecule has 10 nitrogen and oxygen atoms in total. The lowest BCUT2D eigenvalue weighted by atomic mass is 10.4. The summed E-state index contributed by atoms with van der Waals surface area (Å²) in [5.74, 6) is 0. The van der Waals surface area contributed by atoms with Gasteiger partial charge in [-0.3, -0.25) is 4.79 Å². The van der Waals surface area contributed by atoms with Crippen LogP contribution < -0.4 is 5.56 Å². The van der Waals surface area contributed by atoms with Crippen molar-refractivity contribution in [1.82, 2.24) is 39.3 Å². The fourth-order valence-electron chi connectivity index (χ4n) is 2.29. The minimum atomic E-state index is -1.01. The van der Waals surface area contributed by atoms with Crippen LogP contribution in [0.25, 0.3) is 22.2 Å². The van der Waals surface area contributed by atoms with Crippen molar-refractivity contribution in [3.63, 3.8) is 0 Å². The van der Waals surface area contributed by atoms with Crippen LogP contribution in [-0.2, 0) is 6.54 Å². The molecule has 4 aromatic rings. The van der Waals surface area contributed by atoms with Gasteiger partial charge in [0.15, 0.2) is 17.5 Å². The van der Waals surface area contributed by atoms with Crippen molar-refractivity contribution in [3.05, 3.63) is 41.7 Å². The fraction of sp³-hybridized carbons (Fsp3) is 0.167. The van der Waals surface area contributed by atoms with Gasteiger partial charge in [-0.2, -0.15) is 5.10 Å². The minimum absolute atomic E-state index is 0.165. The molecule has 0 radical (unpaired) electrons. The smallest absolute Gasteiger partial charge is 0.261 e. The van der Waals surface area contributed by atoms with E-state index in [2.05, 4.69) is 30.0 Å². The third-order valence-electron chi connectivity index (χ3n) is 3.32. The van der Waals surface area contributed by atoms with E-state index in [-0.39, 0.29) is 12.1 Å². The Morgan fingerprint density at radius 2 is 2.14 bits per heavy atom. The van der Waals surface area contributed by atoms with Gasteiger partial charge in [0.25, 0.3) is 5.56 Å². The third kappa shape index (κ3) is 1.85. The predicted octanol–water partition coefficient (Wildman–Crippen LogP) is -0.550. The van der Waals surface area contributed by atoms with Crippen molar-refractivity contribution in [2.75, 3.05) is 0 Å². The molecule has 0 aliphatic rings. The second-order valence-corrected chi connectivity index (χ2v) is 4.67. The van der Waals surface area contributed by atoms with E-state index in [4.69, 9.17) is 0 Å². The number of hydrogen-bond donors (Lipinski definition) is 2. The molecule has 4 rings (SSSR count). The molecule has 1 unspecified atom stereocenters. The van der Waals surface area contributed by atoms with Crippen molar-refractivity contribution in [2.45, 2.75) is 12.8 Å². The molecule has 10 heteroatoms. The van der Waals surface area contributed by atoms with Gasteiger partial charge in [0, 0.05) is 0 Å². The molecule has 2 N–H and O–H groups in total. The summed E-state index contributed by atoms with van der Waals surface area (Å²) in [7, 11) is 0. The standard InChI is InChI=1S/C12H10N8O2/c21-9(3-19-6-17-8-2-13-4-14-11(8)19)20-10-7(1-18-20)12(22)16-5-15-10/h1-2,4-6,9,21H,3H2,(H,15,16,22). The molecule has 0 saturated heterocycles. The number of rotatable bonds is 3. The van der Waals surface area contributed by atoms with Gasteiger partial charge in [0.2, 0.25) is 0 Å². The number of aliphatic hydroxyl groups excluding tert-OH is 1. The highest BCUT2D eigenvalue weighted by Crippen LogP contribution is 2.15. The molecule has 0 fully saturated rings. The number of aromatic amines is 1. The first-order valence-electron chi connectivity index (χ1n) is 6.44. The van der Waals surface area contributed by atoms with Gasteiger partial charge < -0.3 is 14.7 Å². The Kier molecular flexibility index (Phi) is 2.69. The van der Waals surface area contributed by atoms with Crippen LogP contribution in [0, 0.1) is 0 Å². The topological polar surface area (TPSA) is 127 Å². The van der Waals surface area contributed by atoms with E-state index >= 15 is 0 Å². The molecule has 0 amide bonds. The van der Waals surface area contributed by atoms with Crippen molar-refractivity contribution >= 4 is 22.2 Å². The van der Waals surface area contributed by atoms with E-state index in [1.165, 1.54) is 23.5 Å². The van der Waals surface area contributed by atoms with E-state index in [1.807, 2.05) is 0 Å². The van der Waals surface area contributed by atoms with Crippen molar-refractivity contribution in [1.29, 1.82) is 0 Å². The highest BCUT2D eigenvalue weighted by atomic mass is 16.3. The van der Waals surface area contributed by atoms with Crippen molar-refractivity contribution in [2.24, 2.45) is 0 Å². The fourth-order valence-corrected chi connectivity index (χ4v) is 2.29. The molecule has 0 aliphatic carbocycles. The van der Waals surface area contributed by atoms with Crippen LogP contribution in [0.1, 0.15) is 6.23 Å². The Morgan fingerprint density at radius 3 is 3.05 bits per heavy atom. The van der Waals surface area contributed by atoms with Crippen molar-refractivity contribution in [3.8, 4) is 0 Å². The van der Waals surface area contributed by atoms with Gasteiger partial charge in [-0.15, -0.1) is 0 Å². The maximum absolute atomic E-state index is 11.6. The van der Waals surface area contributed by atoms with Gasteiger partial charge in [-0.25, -0.2) is 24.6 Å². The number of imidazole rings is 1. The lowest BCUT2D eigenvalue weighted by Gasteiger charge is -2.12. The van der Waals surface area contributed by atoms with Gasteiger partial charge in [-0.05, 0) is 0 Å². The number of fused-ring (bicyclic) bond motifs is 2. The molecule has 1 atom stereocenters. The molecule has 0 aliphatic heterocycles. The first kappa shape index (κ1) is 12.6. The first-order valence-corrected chi connectivity index (χ1v) is 6.44. The van der Waals surface area contributed by atoms with Gasteiger partial charge in [0.05, 0.1) is 31.6 Å². The summed E-state index contributed by atoms with van der Waals surface area (Å²) in [5.41, 5.74) is 1.26. The van der Waals surface area contributed by atoms with Crippen molar-refractivity contribution < 1.29 is 5.11 Å². The summed E-state index contributed by atoms with van der Waals surface area (Å²) in [6.45, 7) is 0.165. The molecule has 0 spiro atoms. The Hall–Kier alpha value is -3.14. The largest absolute Gasteiger partial charge is 0.370 e. The maximum atomic E-state index is 11.6. The van der Waals surface area contributed by atoms with E-state index < -0.39 is 6.23 Å². The van der Waals surface area contributed by atoms with Gasteiger partial charge >= 0.3 is 0 Å². The van der Waals surface area contributed by atoms with E-state index in [0.29, 0.717) is 22.2 Å². The summed E-state index contributed by atoms with van der Waals surface area (Å²) < 4.78 is 2.97. The van der Waals surface area contributed by atoms with E-state index in [0.717, 1.165) is 0 Å². The Bertz CT molecular complexity index is 1020. The highest BCUT2D eigenvalue weighted by molar-refractivity contribution is 5.72. The number of aromatic nitrogens is 8. The average Bonchev–Trinajstić information content (AvgIpc) is 3.13. The van der Waals surface area contributed by atoms with Crippen LogP contribution in [0.15, 0.2) is 36.2 Å². The van der Waals surface area contributed by atoms with E-state index in [9.17, 15) is 9.90 Å². The van der Waals surface area contributed by atoms with Crippen LogP contribution >= 0.6 is 0 Å². The molecule has 4 aromatic heterocycles. The summed E-state index contributed by atoms with van der Waals surface area (Å²) in [6.07, 6.45) is 6.20. The monoisotopic (exact) mass is 298 g/mol. The lowest BCUT2D eigenvalue weighted by Crippen LogP contribution is -2.17. The Balaban J connectivity index is 1.73. The quantitative estimate of drug-likeness (QED) is 0.519. The summed E-state index contributed by atoms with van der Waals surface area (Å²) >= 11 is 0. The Labute approximate surface area is 122 Å². The van der Waals surface area contributed by atoms with Gasteiger partial charge in [-0.1, -0.05) is 0 Å². The number of aliphatic hydroxyl groups is 1. The Morgan fingerprint density at radius 1 is 1.23 bits per heavy atom. The SMILES string of the molecule is O=c1[nH]cnc2c1cnn2C(O)Cn1cnc2cncnc21. The zero-order valence-electron chi connectivity index (χ0n) is 11.2. The van der Waals surface area contributed by atoms with Gasteiger partial charge in [0.1, 0.15) is 17.2 Å².